The van der Waals surface area contributed by atoms with E-state index in [1.54, 1.807) is 6.92 Å². The smallest absolute Gasteiger partial charge is 0.308 e. The molecule has 20 heavy (non-hydrogen) atoms. The molecule has 1 amide bonds. The van der Waals surface area contributed by atoms with Gasteiger partial charge in [0.25, 0.3) is 0 Å². The van der Waals surface area contributed by atoms with Gasteiger partial charge in [-0.3, -0.25) is 9.59 Å². The number of aliphatic carboxylic acids is 1. The Morgan fingerprint density at radius 1 is 1.15 bits per heavy atom. The second-order valence-corrected chi connectivity index (χ2v) is 4.86. The summed E-state index contributed by atoms with van der Waals surface area (Å²) in [5.41, 5.74) is 0.948. The number of carbonyl (C=O) groups is 2. The molecule has 0 spiro atoms. The van der Waals surface area contributed by atoms with Gasteiger partial charge >= 0.3 is 5.97 Å². The van der Waals surface area contributed by atoms with E-state index >= 15 is 0 Å². The molecule has 2 aromatic rings. The van der Waals surface area contributed by atoms with E-state index in [9.17, 15) is 9.59 Å². The Kier molecular flexibility index (Phi) is 4.35. The van der Waals surface area contributed by atoms with Gasteiger partial charge in [0.15, 0.2) is 0 Å². The van der Waals surface area contributed by atoms with Gasteiger partial charge in [0.2, 0.25) is 5.91 Å². The molecule has 4 nitrogen and oxygen atoms in total. The van der Waals surface area contributed by atoms with Crippen LogP contribution in [0, 0.1) is 5.92 Å². The molecule has 0 saturated carbocycles. The second-order valence-electron chi connectivity index (χ2n) is 4.86. The van der Waals surface area contributed by atoms with E-state index in [1.165, 1.54) is 0 Å². The van der Waals surface area contributed by atoms with E-state index in [0.717, 1.165) is 16.3 Å². The number of fused-ring (bicyclic) bond motifs is 1. The van der Waals surface area contributed by atoms with Crippen molar-refractivity contribution in [2.45, 2.75) is 13.3 Å². The fraction of sp³-hybridized carbons (Fsp3) is 0.250. The average Bonchev–Trinajstić information content (AvgIpc) is 2.45. The highest BCUT2D eigenvalue weighted by Crippen LogP contribution is 2.18. The fourth-order valence-corrected chi connectivity index (χ4v) is 2.04. The van der Waals surface area contributed by atoms with Crippen LogP contribution in [0.2, 0.25) is 0 Å². The van der Waals surface area contributed by atoms with E-state index in [0.29, 0.717) is 0 Å². The Morgan fingerprint density at radius 2 is 1.85 bits per heavy atom. The van der Waals surface area contributed by atoms with E-state index in [-0.39, 0.29) is 18.9 Å². The predicted molar refractivity (Wildman–Crippen MR) is 77.5 cm³/mol. The van der Waals surface area contributed by atoms with Crippen molar-refractivity contribution in [1.82, 2.24) is 5.32 Å². The molecule has 0 saturated heterocycles. The van der Waals surface area contributed by atoms with Crippen LogP contribution >= 0.6 is 0 Å². The zero-order chi connectivity index (χ0) is 14.5. The summed E-state index contributed by atoms with van der Waals surface area (Å²) in [7, 11) is 0. The molecule has 4 heteroatoms. The molecule has 2 rings (SSSR count). The summed E-state index contributed by atoms with van der Waals surface area (Å²) in [6.07, 6.45) is 0.258. The highest BCUT2D eigenvalue weighted by molar-refractivity contribution is 5.90. The number of hydrogen-bond acceptors (Lipinski definition) is 2. The van der Waals surface area contributed by atoms with E-state index < -0.39 is 11.9 Å². The Morgan fingerprint density at radius 3 is 2.60 bits per heavy atom. The predicted octanol–water partition coefficient (Wildman–Crippen LogP) is 2.22. The lowest BCUT2D eigenvalue weighted by atomic mass is 10.0. The first-order valence-electron chi connectivity index (χ1n) is 6.54. The Bertz CT molecular complexity index is 631. The number of rotatable bonds is 5. The van der Waals surface area contributed by atoms with Crippen LogP contribution in [0.1, 0.15) is 12.5 Å². The number of carboxylic acids is 1. The molecule has 2 N–H and O–H groups in total. The molecule has 0 unspecified atom stereocenters. The number of carbonyl (C=O) groups excluding carboxylic acids is 1. The monoisotopic (exact) mass is 271 g/mol. The molecule has 0 aliphatic heterocycles. The normalized spacial score (nSPS) is 12.1. The van der Waals surface area contributed by atoms with Crippen molar-refractivity contribution in [2.24, 2.45) is 5.92 Å². The Hall–Kier alpha value is -2.36. The van der Waals surface area contributed by atoms with Crippen molar-refractivity contribution in [3.8, 4) is 0 Å². The number of carboxylic acid groups (broad SMARTS) is 1. The first kappa shape index (κ1) is 14.1. The SMILES string of the molecule is C[C@@H](CNC(=O)Cc1cccc2ccccc12)C(=O)O. The van der Waals surface area contributed by atoms with Crippen molar-refractivity contribution in [2.75, 3.05) is 6.54 Å². The summed E-state index contributed by atoms with van der Waals surface area (Å²) < 4.78 is 0. The highest BCUT2D eigenvalue weighted by Gasteiger charge is 2.13. The summed E-state index contributed by atoms with van der Waals surface area (Å²) >= 11 is 0. The molecular weight excluding hydrogens is 254 g/mol. The Balaban J connectivity index is 2.05. The quantitative estimate of drug-likeness (QED) is 0.876. The molecule has 1 atom stereocenters. The van der Waals surface area contributed by atoms with Crippen LogP contribution in [0.4, 0.5) is 0 Å². The lowest BCUT2D eigenvalue weighted by Crippen LogP contribution is -2.32. The van der Waals surface area contributed by atoms with Gasteiger partial charge in [-0.05, 0) is 16.3 Å². The van der Waals surface area contributed by atoms with Crippen molar-refractivity contribution < 1.29 is 14.7 Å². The fourth-order valence-electron chi connectivity index (χ4n) is 2.04. The average molecular weight is 271 g/mol. The van der Waals surface area contributed by atoms with Gasteiger partial charge in [-0.2, -0.15) is 0 Å². The van der Waals surface area contributed by atoms with Crippen molar-refractivity contribution in [3.63, 3.8) is 0 Å². The molecule has 0 aliphatic carbocycles. The summed E-state index contributed by atoms with van der Waals surface area (Å²) in [6.45, 7) is 1.72. The topological polar surface area (TPSA) is 66.4 Å². The van der Waals surface area contributed by atoms with Gasteiger partial charge in [0.1, 0.15) is 0 Å². The summed E-state index contributed by atoms with van der Waals surface area (Å²) in [4.78, 5) is 22.6. The lowest BCUT2D eigenvalue weighted by molar-refractivity contribution is -0.141. The minimum atomic E-state index is -0.907. The van der Waals surface area contributed by atoms with Crippen LogP contribution in [0.5, 0.6) is 0 Å². The van der Waals surface area contributed by atoms with Crippen LogP contribution in [-0.4, -0.2) is 23.5 Å². The third-order valence-electron chi connectivity index (χ3n) is 3.26. The number of benzene rings is 2. The summed E-state index contributed by atoms with van der Waals surface area (Å²) in [5.74, 6) is -1.64. The maximum absolute atomic E-state index is 11.9. The van der Waals surface area contributed by atoms with Crippen LogP contribution in [-0.2, 0) is 16.0 Å². The summed E-state index contributed by atoms with van der Waals surface area (Å²) in [5, 5.41) is 13.6. The molecule has 0 aliphatic rings. The lowest BCUT2D eigenvalue weighted by Gasteiger charge is -2.10. The largest absolute Gasteiger partial charge is 0.481 e. The molecular formula is C16H17NO3. The standard InChI is InChI=1S/C16H17NO3/c1-11(16(19)20)10-17-15(18)9-13-7-4-6-12-5-2-3-8-14(12)13/h2-8,11H,9-10H2,1H3,(H,17,18)(H,19,20)/t11-/m0/s1. The van der Waals surface area contributed by atoms with Gasteiger partial charge in [0.05, 0.1) is 12.3 Å². The third-order valence-corrected chi connectivity index (χ3v) is 3.26. The molecule has 0 radical (unpaired) electrons. The highest BCUT2D eigenvalue weighted by atomic mass is 16.4. The van der Waals surface area contributed by atoms with Crippen LogP contribution < -0.4 is 5.32 Å². The molecule has 0 fully saturated rings. The third kappa shape index (κ3) is 3.35. The van der Waals surface area contributed by atoms with Gasteiger partial charge in [-0.15, -0.1) is 0 Å². The molecule has 0 aromatic heterocycles. The van der Waals surface area contributed by atoms with Gasteiger partial charge in [0, 0.05) is 6.54 Å². The van der Waals surface area contributed by atoms with Gasteiger partial charge in [-0.25, -0.2) is 0 Å². The van der Waals surface area contributed by atoms with Crippen LogP contribution in [0.3, 0.4) is 0 Å². The molecule has 0 heterocycles. The molecule has 2 aromatic carbocycles. The Labute approximate surface area is 117 Å². The second kappa shape index (κ2) is 6.19. The van der Waals surface area contributed by atoms with E-state index in [1.807, 2.05) is 42.5 Å². The van der Waals surface area contributed by atoms with Crippen molar-refractivity contribution in [1.29, 1.82) is 0 Å². The molecule has 104 valence electrons. The van der Waals surface area contributed by atoms with E-state index in [2.05, 4.69) is 5.32 Å². The first-order chi connectivity index (χ1) is 9.58. The minimum Gasteiger partial charge on any atom is -0.481 e. The van der Waals surface area contributed by atoms with Gasteiger partial charge < -0.3 is 10.4 Å². The van der Waals surface area contributed by atoms with Gasteiger partial charge in [-0.1, -0.05) is 49.4 Å². The number of nitrogens with one attached hydrogen (secondary N) is 1. The zero-order valence-electron chi connectivity index (χ0n) is 11.3. The van der Waals surface area contributed by atoms with Crippen LogP contribution in [0.25, 0.3) is 10.8 Å². The van der Waals surface area contributed by atoms with Crippen molar-refractivity contribution >= 4 is 22.6 Å². The first-order valence-corrected chi connectivity index (χ1v) is 6.54. The van der Waals surface area contributed by atoms with Crippen molar-refractivity contribution in [3.05, 3.63) is 48.0 Å². The van der Waals surface area contributed by atoms with E-state index in [4.69, 9.17) is 5.11 Å². The number of amides is 1. The zero-order valence-corrected chi connectivity index (χ0v) is 11.3. The van der Waals surface area contributed by atoms with Crippen LogP contribution in [0.15, 0.2) is 42.5 Å². The molecule has 0 bridgehead atoms. The minimum absolute atomic E-state index is 0.152. The maximum atomic E-state index is 11.9. The summed E-state index contributed by atoms with van der Waals surface area (Å²) in [6, 6.07) is 13.7. The maximum Gasteiger partial charge on any atom is 0.308 e. The number of hydrogen-bond donors (Lipinski definition) is 2.